The van der Waals surface area contributed by atoms with Crippen LogP contribution in [0.2, 0.25) is 0 Å². The summed E-state index contributed by atoms with van der Waals surface area (Å²) in [5, 5.41) is 0.0719. The monoisotopic (exact) mass is 397 g/mol. The Labute approximate surface area is 164 Å². The van der Waals surface area contributed by atoms with Crippen molar-refractivity contribution in [2.45, 2.75) is 25.0 Å². The van der Waals surface area contributed by atoms with Gasteiger partial charge in [-0.1, -0.05) is 12.1 Å². The summed E-state index contributed by atoms with van der Waals surface area (Å²) in [4.78, 5) is 28.0. The molecular weight excluding hydrogens is 380 g/mol. The average Bonchev–Trinajstić information content (AvgIpc) is 3.32. The lowest BCUT2D eigenvalue weighted by Gasteiger charge is -2.27. The zero-order valence-corrected chi connectivity index (χ0v) is 15.4. The molecule has 0 bridgehead atoms. The van der Waals surface area contributed by atoms with E-state index in [1.807, 2.05) is 0 Å². The fourth-order valence-electron chi connectivity index (χ4n) is 4.18. The number of hydrogen-bond acceptors (Lipinski definition) is 4. The number of benzene rings is 2. The molecule has 5 nitrogen and oxygen atoms in total. The van der Waals surface area contributed by atoms with Crippen molar-refractivity contribution < 1.29 is 22.7 Å². The van der Waals surface area contributed by atoms with Crippen LogP contribution in [-0.4, -0.2) is 30.1 Å². The average molecular weight is 397 g/mol. The Kier molecular flexibility index (Phi) is 4.20. The van der Waals surface area contributed by atoms with Crippen molar-refractivity contribution in [3.05, 3.63) is 81.2 Å². The summed E-state index contributed by atoms with van der Waals surface area (Å²) >= 11 is 0. The van der Waals surface area contributed by atoms with Gasteiger partial charge in [0.2, 0.25) is 5.76 Å². The number of carbonyl (C=O) groups excluding carboxylic acids is 1. The zero-order valence-electron chi connectivity index (χ0n) is 15.4. The predicted molar refractivity (Wildman–Crippen MR) is 101 cm³/mol. The SMILES string of the molecule is O=C1c2oc3ccc(F)cc3c(=O)c2[C@H](c2ccc(F)cc2)N1C[C@@H]1CCCO1. The van der Waals surface area contributed by atoms with Crippen LogP contribution in [0.25, 0.3) is 11.0 Å². The maximum absolute atomic E-state index is 13.7. The Hall–Kier alpha value is -3.06. The minimum Gasteiger partial charge on any atom is -0.450 e. The van der Waals surface area contributed by atoms with E-state index in [1.54, 1.807) is 12.1 Å². The quantitative estimate of drug-likeness (QED) is 0.675. The molecule has 1 amide bonds. The van der Waals surface area contributed by atoms with E-state index in [0.717, 1.165) is 18.9 Å². The minimum absolute atomic E-state index is 0.0542. The molecule has 0 unspecified atom stereocenters. The van der Waals surface area contributed by atoms with Gasteiger partial charge in [0, 0.05) is 13.2 Å². The first-order chi connectivity index (χ1) is 14.0. The first kappa shape index (κ1) is 18.0. The Balaban J connectivity index is 1.71. The summed E-state index contributed by atoms with van der Waals surface area (Å²) in [6, 6.07) is 8.53. The molecule has 3 aromatic rings. The largest absolute Gasteiger partial charge is 0.450 e. The van der Waals surface area contributed by atoms with Crippen molar-refractivity contribution in [3.63, 3.8) is 0 Å². The molecular formula is C22H17F2NO4. The van der Waals surface area contributed by atoms with Crippen LogP contribution >= 0.6 is 0 Å². The lowest BCUT2D eigenvalue weighted by molar-refractivity contribution is 0.0486. The molecule has 3 heterocycles. The van der Waals surface area contributed by atoms with Crippen LogP contribution in [0.4, 0.5) is 8.78 Å². The summed E-state index contributed by atoms with van der Waals surface area (Å²) in [7, 11) is 0. The van der Waals surface area contributed by atoms with Crippen molar-refractivity contribution in [2.24, 2.45) is 0 Å². The number of hydrogen-bond donors (Lipinski definition) is 0. The second-order valence-corrected chi connectivity index (χ2v) is 7.36. The second-order valence-electron chi connectivity index (χ2n) is 7.36. The number of carbonyl (C=O) groups is 1. The van der Waals surface area contributed by atoms with Gasteiger partial charge in [-0.15, -0.1) is 0 Å². The number of ether oxygens (including phenoxy) is 1. The number of halogens is 2. The van der Waals surface area contributed by atoms with Gasteiger partial charge in [-0.2, -0.15) is 0 Å². The molecule has 2 aromatic carbocycles. The number of nitrogens with zero attached hydrogens (tertiary/aromatic N) is 1. The molecule has 1 fully saturated rings. The first-order valence-electron chi connectivity index (χ1n) is 9.47. The van der Waals surface area contributed by atoms with Crippen molar-refractivity contribution in [3.8, 4) is 0 Å². The highest BCUT2D eigenvalue weighted by molar-refractivity contribution is 5.99. The summed E-state index contributed by atoms with van der Waals surface area (Å²) in [5.74, 6) is -1.46. The topological polar surface area (TPSA) is 59.8 Å². The number of rotatable bonds is 3. The van der Waals surface area contributed by atoms with Crippen LogP contribution < -0.4 is 5.43 Å². The molecule has 148 valence electrons. The van der Waals surface area contributed by atoms with Gasteiger partial charge >= 0.3 is 0 Å². The van der Waals surface area contributed by atoms with E-state index >= 15 is 0 Å². The molecule has 5 rings (SSSR count). The van der Waals surface area contributed by atoms with Gasteiger partial charge in [-0.3, -0.25) is 9.59 Å². The zero-order chi connectivity index (χ0) is 20.1. The van der Waals surface area contributed by atoms with E-state index < -0.39 is 29.0 Å². The summed E-state index contributed by atoms with van der Waals surface area (Å²) in [5.41, 5.74) is 0.427. The molecule has 0 N–H and O–H groups in total. The van der Waals surface area contributed by atoms with Crippen LogP contribution in [0, 0.1) is 11.6 Å². The van der Waals surface area contributed by atoms with Crippen molar-refractivity contribution in [2.75, 3.05) is 13.2 Å². The molecule has 0 radical (unpaired) electrons. The smallest absolute Gasteiger partial charge is 0.291 e. The van der Waals surface area contributed by atoms with Crippen molar-refractivity contribution in [1.82, 2.24) is 4.90 Å². The maximum atomic E-state index is 13.7. The fraction of sp³-hybridized carbons (Fsp3) is 0.273. The van der Waals surface area contributed by atoms with E-state index in [1.165, 1.54) is 29.2 Å². The lowest BCUT2D eigenvalue weighted by Crippen LogP contribution is -2.36. The standard InChI is InChI=1S/C22H17F2NO4/c23-13-5-3-12(4-6-13)19-18-20(26)16-10-14(24)7-8-17(16)29-21(18)22(27)25(19)11-15-2-1-9-28-15/h3-8,10,15,19H,1-2,9,11H2/t15-,19-/m0/s1. The molecule has 1 aromatic heterocycles. The van der Waals surface area contributed by atoms with Gasteiger partial charge in [0.25, 0.3) is 5.91 Å². The summed E-state index contributed by atoms with van der Waals surface area (Å²) in [6.45, 7) is 0.913. The van der Waals surface area contributed by atoms with Crippen molar-refractivity contribution >= 4 is 16.9 Å². The molecule has 0 spiro atoms. The van der Waals surface area contributed by atoms with Crippen LogP contribution in [0.15, 0.2) is 51.7 Å². The summed E-state index contributed by atoms with van der Waals surface area (Å²) in [6.07, 6.45) is 1.57. The van der Waals surface area contributed by atoms with E-state index in [4.69, 9.17) is 9.15 Å². The van der Waals surface area contributed by atoms with Crippen LogP contribution in [0.3, 0.4) is 0 Å². The molecule has 7 heteroatoms. The lowest BCUT2D eigenvalue weighted by atomic mass is 9.98. The molecule has 0 saturated carbocycles. The third-order valence-corrected chi connectivity index (χ3v) is 5.54. The Bertz CT molecular complexity index is 1170. The maximum Gasteiger partial charge on any atom is 0.291 e. The van der Waals surface area contributed by atoms with Gasteiger partial charge in [-0.25, -0.2) is 8.78 Å². The molecule has 0 aliphatic carbocycles. The molecule has 1 saturated heterocycles. The highest BCUT2D eigenvalue weighted by Crippen LogP contribution is 2.39. The number of amides is 1. The number of fused-ring (bicyclic) bond motifs is 2. The van der Waals surface area contributed by atoms with Crippen LogP contribution in [-0.2, 0) is 4.74 Å². The molecule has 29 heavy (non-hydrogen) atoms. The molecule has 2 aliphatic rings. The van der Waals surface area contributed by atoms with E-state index in [9.17, 15) is 18.4 Å². The highest BCUT2D eigenvalue weighted by atomic mass is 19.1. The normalized spacial score (nSPS) is 21.2. The highest BCUT2D eigenvalue weighted by Gasteiger charge is 2.43. The Morgan fingerprint density at radius 3 is 2.52 bits per heavy atom. The van der Waals surface area contributed by atoms with Gasteiger partial charge in [0.05, 0.1) is 23.1 Å². The van der Waals surface area contributed by atoms with Crippen LogP contribution in [0.5, 0.6) is 0 Å². The Morgan fingerprint density at radius 2 is 1.79 bits per heavy atom. The predicted octanol–water partition coefficient (Wildman–Crippen LogP) is 3.80. The van der Waals surface area contributed by atoms with Gasteiger partial charge in [0.1, 0.15) is 17.2 Å². The first-order valence-corrected chi connectivity index (χ1v) is 9.47. The van der Waals surface area contributed by atoms with Gasteiger partial charge < -0.3 is 14.1 Å². The minimum atomic E-state index is -0.744. The summed E-state index contributed by atoms with van der Waals surface area (Å²) < 4.78 is 38.6. The van der Waals surface area contributed by atoms with Crippen molar-refractivity contribution in [1.29, 1.82) is 0 Å². The fourth-order valence-corrected chi connectivity index (χ4v) is 4.18. The van der Waals surface area contributed by atoms with Gasteiger partial charge in [0.15, 0.2) is 5.43 Å². The third kappa shape index (κ3) is 2.93. The van der Waals surface area contributed by atoms with E-state index in [0.29, 0.717) is 12.2 Å². The second kappa shape index (κ2) is 6.77. The van der Waals surface area contributed by atoms with E-state index in [2.05, 4.69) is 0 Å². The van der Waals surface area contributed by atoms with Crippen LogP contribution in [0.1, 0.15) is 40.6 Å². The van der Waals surface area contributed by atoms with Gasteiger partial charge in [-0.05, 0) is 48.7 Å². The molecule has 2 aliphatic heterocycles. The molecule has 2 atom stereocenters. The van der Waals surface area contributed by atoms with E-state index in [-0.39, 0.29) is 34.9 Å². The Morgan fingerprint density at radius 1 is 1.03 bits per heavy atom. The third-order valence-electron chi connectivity index (χ3n) is 5.54.